The van der Waals surface area contributed by atoms with Crippen LogP contribution in [0.1, 0.15) is 23.5 Å². The first-order valence-corrected chi connectivity index (χ1v) is 6.16. The maximum absolute atomic E-state index is 11.9. The Kier molecular flexibility index (Phi) is 4.36. The van der Waals surface area contributed by atoms with E-state index in [1.165, 1.54) is 0 Å². The van der Waals surface area contributed by atoms with Crippen molar-refractivity contribution in [1.29, 1.82) is 0 Å². The smallest absolute Gasteiger partial charge is 0.364 e. The van der Waals surface area contributed by atoms with Crippen LogP contribution in [0.25, 0.3) is 0 Å². The van der Waals surface area contributed by atoms with E-state index in [1.807, 2.05) is 0 Å². The average Bonchev–Trinajstić information content (AvgIpc) is 2.36. The maximum atomic E-state index is 11.9. The van der Waals surface area contributed by atoms with Crippen molar-refractivity contribution in [3.8, 4) is 0 Å². The van der Waals surface area contributed by atoms with Crippen LogP contribution in [0.15, 0.2) is 6.20 Å². The van der Waals surface area contributed by atoms with E-state index in [0.717, 1.165) is 30.5 Å². The highest BCUT2D eigenvalue weighted by Gasteiger charge is 2.27. The Balaban J connectivity index is 1.94. The molecule has 1 aromatic heterocycles. The van der Waals surface area contributed by atoms with Crippen LogP contribution >= 0.6 is 0 Å². The number of nitrogens with zero attached hydrogens (tertiary/aromatic N) is 2. The molecule has 2 N–H and O–H groups in total. The molecule has 1 aromatic rings. The molecular weight excluding hydrogens is 259 g/mol. The third kappa shape index (κ3) is 4.14. The Hall–Kier alpha value is -1.21. The van der Waals surface area contributed by atoms with Crippen LogP contribution in [0.3, 0.4) is 0 Å². The molecule has 1 atom stereocenters. The summed E-state index contributed by atoms with van der Waals surface area (Å²) in [6.07, 6.45) is -0.0378. The second-order valence-electron chi connectivity index (χ2n) is 4.71. The minimum atomic E-state index is -4.32. The Bertz CT molecular complexity index is 437. The molecule has 4 nitrogen and oxygen atoms in total. The number of rotatable bonds is 4. The van der Waals surface area contributed by atoms with E-state index < -0.39 is 12.8 Å². The first-order valence-electron chi connectivity index (χ1n) is 6.16. The summed E-state index contributed by atoms with van der Waals surface area (Å²) in [6, 6.07) is 0. The molecule has 1 aliphatic carbocycles. The number of fused-ring (bicyclic) bond motifs is 1. The summed E-state index contributed by atoms with van der Waals surface area (Å²) >= 11 is 0. The van der Waals surface area contributed by atoms with E-state index in [2.05, 4.69) is 14.7 Å². The summed E-state index contributed by atoms with van der Waals surface area (Å²) in [5.74, 6) is 0.748. The van der Waals surface area contributed by atoms with E-state index in [0.29, 0.717) is 18.3 Å². The first kappa shape index (κ1) is 14.2. The van der Waals surface area contributed by atoms with Gasteiger partial charge in [0.25, 0.3) is 0 Å². The van der Waals surface area contributed by atoms with Crippen LogP contribution in [0, 0.1) is 5.92 Å². The van der Waals surface area contributed by atoms with Crippen molar-refractivity contribution in [3.05, 3.63) is 23.3 Å². The second-order valence-corrected chi connectivity index (χ2v) is 4.71. The monoisotopic (exact) mass is 275 g/mol. The zero-order valence-electron chi connectivity index (χ0n) is 10.4. The Labute approximate surface area is 109 Å². The van der Waals surface area contributed by atoms with Gasteiger partial charge in [0.15, 0.2) is 5.82 Å². The number of alkyl halides is 3. The lowest BCUT2D eigenvalue weighted by molar-refractivity contribution is -0.177. The lowest BCUT2D eigenvalue weighted by atomic mass is 9.87. The fourth-order valence-corrected chi connectivity index (χ4v) is 2.15. The lowest BCUT2D eigenvalue weighted by Crippen LogP contribution is -2.23. The number of hydrogen-bond donors (Lipinski definition) is 1. The molecule has 0 aliphatic heterocycles. The lowest BCUT2D eigenvalue weighted by Gasteiger charge is -2.22. The van der Waals surface area contributed by atoms with Gasteiger partial charge >= 0.3 is 6.18 Å². The summed E-state index contributed by atoms with van der Waals surface area (Å²) in [6.45, 7) is -0.855. The Morgan fingerprint density at radius 2 is 2.21 bits per heavy atom. The maximum Gasteiger partial charge on any atom is 0.411 e. The quantitative estimate of drug-likeness (QED) is 0.907. The van der Waals surface area contributed by atoms with Crippen LogP contribution < -0.4 is 5.73 Å². The molecule has 1 aliphatic rings. The summed E-state index contributed by atoms with van der Waals surface area (Å²) in [5.41, 5.74) is 7.58. The van der Waals surface area contributed by atoms with Gasteiger partial charge in [0.2, 0.25) is 0 Å². The molecule has 0 spiro atoms. The highest BCUT2D eigenvalue weighted by atomic mass is 19.4. The molecule has 7 heteroatoms. The van der Waals surface area contributed by atoms with Gasteiger partial charge in [0, 0.05) is 11.9 Å². The molecular formula is C12H16F3N3O. The third-order valence-electron chi connectivity index (χ3n) is 3.13. The topological polar surface area (TPSA) is 61.0 Å². The minimum absolute atomic E-state index is 0.215. The number of aromatic nitrogens is 2. The van der Waals surface area contributed by atoms with Gasteiger partial charge < -0.3 is 10.5 Å². The van der Waals surface area contributed by atoms with Crippen molar-refractivity contribution in [2.75, 3.05) is 13.2 Å². The number of ether oxygens (including phenoxy) is 1. The molecule has 0 saturated carbocycles. The van der Waals surface area contributed by atoms with Crippen LogP contribution in [0.2, 0.25) is 0 Å². The van der Waals surface area contributed by atoms with Gasteiger partial charge in [-0.2, -0.15) is 13.2 Å². The summed E-state index contributed by atoms with van der Waals surface area (Å²) in [4.78, 5) is 8.29. The van der Waals surface area contributed by atoms with Crippen molar-refractivity contribution < 1.29 is 17.9 Å². The zero-order chi connectivity index (χ0) is 13.9. The molecule has 19 heavy (non-hydrogen) atoms. The SMILES string of the molecule is NCC1CCc2nc(COCC(F)(F)F)ncc2C1. The van der Waals surface area contributed by atoms with E-state index >= 15 is 0 Å². The molecule has 0 amide bonds. The van der Waals surface area contributed by atoms with Crippen LogP contribution in [0.4, 0.5) is 13.2 Å². The highest BCUT2D eigenvalue weighted by molar-refractivity contribution is 5.21. The number of nitrogens with two attached hydrogens (primary N) is 1. The van der Waals surface area contributed by atoms with Crippen molar-refractivity contribution >= 4 is 0 Å². The molecule has 1 heterocycles. The molecule has 106 valence electrons. The predicted octanol–water partition coefficient (Wildman–Crippen LogP) is 1.62. The Morgan fingerprint density at radius 1 is 1.42 bits per heavy atom. The van der Waals surface area contributed by atoms with Gasteiger partial charge in [-0.05, 0) is 37.3 Å². The predicted molar refractivity (Wildman–Crippen MR) is 62.3 cm³/mol. The van der Waals surface area contributed by atoms with E-state index in [4.69, 9.17) is 5.73 Å². The van der Waals surface area contributed by atoms with Crippen LogP contribution in [0.5, 0.6) is 0 Å². The molecule has 0 aromatic carbocycles. The highest BCUT2D eigenvalue weighted by Crippen LogP contribution is 2.23. The van der Waals surface area contributed by atoms with Gasteiger partial charge in [0.1, 0.15) is 13.2 Å². The standard InChI is InChI=1S/C12H16F3N3O/c13-12(14,15)7-19-6-11-17-5-9-3-8(4-16)1-2-10(9)18-11/h5,8H,1-4,6-7,16H2. The number of halogens is 3. The number of hydrogen-bond acceptors (Lipinski definition) is 4. The van der Waals surface area contributed by atoms with Gasteiger partial charge in [0.05, 0.1) is 0 Å². The summed E-state index contributed by atoms with van der Waals surface area (Å²) < 4.78 is 40.4. The molecule has 0 saturated heterocycles. The molecule has 1 unspecified atom stereocenters. The summed E-state index contributed by atoms with van der Waals surface area (Å²) in [7, 11) is 0. The van der Waals surface area contributed by atoms with E-state index in [1.54, 1.807) is 6.20 Å². The van der Waals surface area contributed by atoms with Gasteiger partial charge in [-0.3, -0.25) is 0 Å². The van der Waals surface area contributed by atoms with Gasteiger partial charge in [-0.25, -0.2) is 9.97 Å². The normalized spacial score (nSPS) is 19.3. The third-order valence-corrected chi connectivity index (χ3v) is 3.13. The first-order chi connectivity index (χ1) is 8.98. The van der Waals surface area contributed by atoms with Crippen molar-refractivity contribution in [2.24, 2.45) is 11.7 Å². The zero-order valence-corrected chi connectivity index (χ0v) is 10.4. The van der Waals surface area contributed by atoms with Gasteiger partial charge in [-0.15, -0.1) is 0 Å². The molecule has 0 fully saturated rings. The largest absolute Gasteiger partial charge is 0.411 e. The fourth-order valence-electron chi connectivity index (χ4n) is 2.15. The minimum Gasteiger partial charge on any atom is -0.364 e. The number of aryl methyl sites for hydroxylation is 1. The summed E-state index contributed by atoms with van der Waals surface area (Å²) in [5, 5.41) is 0. The second kappa shape index (κ2) is 5.83. The van der Waals surface area contributed by atoms with Crippen molar-refractivity contribution in [1.82, 2.24) is 9.97 Å². The van der Waals surface area contributed by atoms with Crippen molar-refractivity contribution in [3.63, 3.8) is 0 Å². The van der Waals surface area contributed by atoms with Gasteiger partial charge in [-0.1, -0.05) is 0 Å². The van der Waals surface area contributed by atoms with Crippen molar-refractivity contribution in [2.45, 2.75) is 32.0 Å². The molecule has 0 radical (unpaired) electrons. The molecule has 2 rings (SSSR count). The van der Waals surface area contributed by atoms with Crippen LogP contribution in [-0.2, 0) is 24.2 Å². The Morgan fingerprint density at radius 3 is 2.89 bits per heavy atom. The van der Waals surface area contributed by atoms with Crippen LogP contribution in [-0.4, -0.2) is 29.3 Å². The van der Waals surface area contributed by atoms with E-state index in [9.17, 15) is 13.2 Å². The average molecular weight is 275 g/mol. The van der Waals surface area contributed by atoms with E-state index in [-0.39, 0.29) is 6.61 Å². The fraction of sp³-hybridized carbons (Fsp3) is 0.667. The molecule has 0 bridgehead atoms.